The van der Waals surface area contributed by atoms with Gasteiger partial charge in [-0.25, -0.2) is 9.48 Å². The van der Waals surface area contributed by atoms with E-state index in [2.05, 4.69) is 15.6 Å². The summed E-state index contributed by atoms with van der Waals surface area (Å²) in [5.41, 5.74) is 5.89. The van der Waals surface area contributed by atoms with Gasteiger partial charge < -0.3 is 15.8 Å². The maximum Gasteiger partial charge on any atom is 0.407 e. The van der Waals surface area contributed by atoms with E-state index in [1.807, 2.05) is 31.6 Å². The van der Waals surface area contributed by atoms with Crippen molar-refractivity contribution in [3.05, 3.63) is 11.9 Å². The number of rotatable bonds is 3. The molecular weight excluding hydrogens is 270 g/mol. The largest absolute Gasteiger partial charge is 0.444 e. The lowest BCUT2D eigenvalue weighted by Crippen LogP contribution is -2.41. The van der Waals surface area contributed by atoms with Gasteiger partial charge in [-0.1, -0.05) is 5.21 Å². The first-order valence-corrected chi connectivity index (χ1v) is 7.47. The molecule has 7 nitrogen and oxygen atoms in total. The smallest absolute Gasteiger partial charge is 0.407 e. The lowest BCUT2D eigenvalue weighted by molar-refractivity contribution is 0.0487. The van der Waals surface area contributed by atoms with Crippen molar-refractivity contribution >= 4 is 6.09 Å². The normalized spacial score (nSPS) is 22.9. The highest BCUT2D eigenvalue weighted by Gasteiger charge is 2.26. The predicted octanol–water partition coefficient (Wildman–Crippen LogP) is 1.75. The van der Waals surface area contributed by atoms with Crippen molar-refractivity contribution in [2.75, 3.05) is 0 Å². The third-order valence-electron chi connectivity index (χ3n) is 3.56. The number of nitrogens with one attached hydrogen (secondary N) is 1. The molecule has 1 amide bonds. The number of nitrogens with two attached hydrogens (primary N) is 1. The van der Waals surface area contributed by atoms with Crippen LogP contribution in [0.25, 0.3) is 0 Å². The Labute approximate surface area is 125 Å². The number of carbonyl (C=O) groups is 1. The molecule has 0 saturated heterocycles. The summed E-state index contributed by atoms with van der Waals surface area (Å²) in [5.74, 6) is 0. The molecular formula is C14H25N5O2. The van der Waals surface area contributed by atoms with Crippen molar-refractivity contribution in [1.82, 2.24) is 20.3 Å². The lowest BCUT2D eigenvalue weighted by atomic mass is 9.91. The summed E-state index contributed by atoms with van der Waals surface area (Å²) in [6, 6.07) is 0.517. The van der Waals surface area contributed by atoms with E-state index in [0.717, 1.165) is 31.4 Å². The van der Waals surface area contributed by atoms with Gasteiger partial charge >= 0.3 is 6.09 Å². The molecule has 0 radical (unpaired) electrons. The van der Waals surface area contributed by atoms with Gasteiger partial charge in [0.05, 0.1) is 17.9 Å². The molecule has 1 aliphatic carbocycles. The molecule has 0 atom stereocenters. The zero-order valence-corrected chi connectivity index (χ0v) is 13.0. The Hall–Kier alpha value is -1.63. The van der Waals surface area contributed by atoms with E-state index in [-0.39, 0.29) is 12.1 Å². The van der Waals surface area contributed by atoms with Crippen LogP contribution in [0.4, 0.5) is 4.79 Å². The molecule has 21 heavy (non-hydrogen) atoms. The first-order chi connectivity index (χ1) is 9.87. The zero-order valence-electron chi connectivity index (χ0n) is 13.0. The lowest BCUT2D eigenvalue weighted by Gasteiger charge is -2.29. The maximum absolute atomic E-state index is 11.7. The highest BCUT2D eigenvalue weighted by Crippen LogP contribution is 2.28. The number of alkyl carbamates (subject to hydrolysis) is 1. The van der Waals surface area contributed by atoms with Gasteiger partial charge in [0.1, 0.15) is 5.60 Å². The van der Waals surface area contributed by atoms with Crippen molar-refractivity contribution in [3.63, 3.8) is 0 Å². The fraction of sp³-hybridized carbons (Fsp3) is 0.786. The van der Waals surface area contributed by atoms with Crippen LogP contribution in [0.15, 0.2) is 6.20 Å². The average molecular weight is 295 g/mol. The van der Waals surface area contributed by atoms with Crippen molar-refractivity contribution in [2.24, 2.45) is 5.73 Å². The molecule has 0 aliphatic heterocycles. The van der Waals surface area contributed by atoms with Gasteiger partial charge in [-0.05, 0) is 46.5 Å². The monoisotopic (exact) mass is 295 g/mol. The van der Waals surface area contributed by atoms with Crippen LogP contribution in [-0.2, 0) is 11.3 Å². The zero-order chi connectivity index (χ0) is 15.5. The van der Waals surface area contributed by atoms with E-state index in [1.165, 1.54) is 0 Å². The number of ether oxygens (including phenoxy) is 1. The third-order valence-corrected chi connectivity index (χ3v) is 3.56. The van der Waals surface area contributed by atoms with Crippen molar-refractivity contribution in [2.45, 2.75) is 70.7 Å². The summed E-state index contributed by atoms with van der Waals surface area (Å²) in [4.78, 5) is 11.7. The van der Waals surface area contributed by atoms with Crippen LogP contribution in [0.1, 0.15) is 58.2 Å². The quantitative estimate of drug-likeness (QED) is 0.885. The average Bonchev–Trinajstić information content (AvgIpc) is 2.86. The Morgan fingerprint density at radius 2 is 2.10 bits per heavy atom. The number of amides is 1. The van der Waals surface area contributed by atoms with Gasteiger partial charge in [0.25, 0.3) is 0 Å². The minimum Gasteiger partial charge on any atom is -0.444 e. The molecule has 1 aromatic rings. The fourth-order valence-corrected chi connectivity index (χ4v) is 2.54. The minimum atomic E-state index is -0.458. The highest BCUT2D eigenvalue weighted by molar-refractivity contribution is 5.68. The SMILES string of the molecule is CC(C)(C)OC(=O)NC1CCC(n2cc(CN)nn2)CC1. The molecule has 0 bridgehead atoms. The molecule has 0 unspecified atom stereocenters. The summed E-state index contributed by atoms with van der Waals surface area (Å²) < 4.78 is 7.17. The molecule has 1 saturated carbocycles. The number of carbonyl (C=O) groups excluding carboxylic acids is 1. The number of nitrogens with zero attached hydrogens (tertiary/aromatic N) is 3. The first kappa shape index (κ1) is 15.8. The Bertz CT molecular complexity index is 472. The predicted molar refractivity (Wildman–Crippen MR) is 78.6 cm³/mol. The van der Waals surface area contributed by atoms with Gasteiger partial charge in [0, 0.05) is 12.6 Å². The molecule has 3 N–H and O–H groups in total. The molecule has 0 aromatic carbocycles. The van der Waals surface area contributed by atoms with Gasteiger partial charge in [-0.15, -0.1) is 5.10 Å². The van der Waals surface area contributed by atoms with Gasteiger partial charge in [0.15, 0.2) is 0 Å². The summed E-state index contributed by atoms with van der Waals surface area (Å²) in [6.45, 7) is 6.01. The molecule has 1 aliphatic rings. The summed E-state index contributed by atoms with van der Waals surface area (Å²) >= 11 is 0. The second kappa shape index (κ2) is 6.43. The fourth-order valence-electron chi connectivity index (χ4n) is 2.54. The standard InChI is InChI=1S/C14H25N5O2/c1-14(2,3)21-13(20)16-10-4-6-12(7-5-10)19-9-11(8-15)17-18-19/h9-10,12H,4-8,15H2,1-3H3,(H,16,20). The van der Waals surface area contributed by atoms with Crippen LogP contribution in [0.2, 0.25) is 0 Å². The van der Waals surface area contributed by atoms with Crippen molar-refractivity contribution in [1.29, 1.82) is 0 Å². The topological polar surface area (TPSA) is 95.1 Å². The Kier molecular flexibility index (Phi) is 4.82. The molecule has 1 fully saturated rings. The highest BCUT2D eigenvalue weighted by atomic mass is 16.6. The van der Waals surface area contributed by atoms with Gasteiger partial charge in [0.2, 0.25) is 0 Å². The summed E-state index contributed by atoms with van der Waals surface area (Å²) in [6.07, 6.45) is 5.34. The molecule has 2 rings (SSSR count). The van der Waals surface area contributed by atoms with Crippen LogP contribution >= 0.6 is 0 Å². The third kappa shape index (κ3) is 4.70. The van der Waals surface area contributed by atoms with E-state index in [9.17, 15) is 4.79 Å². The first-order valence-electron chi connectivity index (χ1n) is 7.47. The van der Waals surface area contributed by atoms with E-state index < -0.39 is 5.60 Å². The van der Waals surface area contributed by atoms with E-state index in [1.54, 1.807) is 0 Å². The molecule has 1 heterocycles. The van der Waals surface area contributed by atoms with Crippen LogP contribution in [0.5, 0.6) is 0 Å². The number of aromatic nitrogens is 3. The Morgan fingerprint density at radius 3 is 2.62 bits per heavy atom. The second-order valence-electron chi connectivity index (χ2n) is 6.55. The van der Waals surface area contributed by atoms with E-state index in [0.29, 0.717) is 12.6 Å². The van der Waals surface area contributed by atoms with Crippen LogP contribution < -0.4 is 11.1 Å². The van der Waals surface area contributed by atoms with Gasteiger partial charge in [-0.2, -0.15) is 0 Å². The second-order valence-corrected chi connectivity index (χ2v) is 6.55. The molecule has 1 aromatic heterocycles. The maximum atomic E-state index is 11.7. The van der Waals surface area contributed by atoms with E-state index >= 15 is 0 Å². The number of hydrogen-bond donors (Lipinski definition) is 2. The van der Waals surface area contributed by atoms with Gasteiger partial charge in [-0.3, -0.25) is 0 Å². The molecule has 7 heteroatoms. The minimum absolute atomic E-state index is 0.175. The van der Waals surface area contributed by atoms with E-state index in [4.69, 9.17) is 10.5 Å². The summed E-state index contributed by atoms with van der Waals surface area (Å²) in [5, 5.41) is 11.1. The van der Waals surface area contributed by atoms with Crippen LogP contribution in [0.3, 0.4) is 0 Å². The van der Waals surface area contributed by atoms with Crippen LogP contribution in [0, 0.1) is 0 Å². The number of hydrogen-bond acceptors (Lipinski definition) is 5. The Morgan fingerprint density at radius 1 is 1.43 bits per heavy atom. The Balaban J connectivity index is 1.79. The van der Waals surface area contributed by atoms with Crippen molar-refractivity contribution in [3.8, 4) is 0 Å². The molecule has 0 spiro atoms. The van der Waals surface area contributed by atoms with Crippen molar-refractivity contribution < 1.29 is 9.53 Å². The van der Waals surface area contributed by atoms with Crippen LogP contribution in [-0.4, -0.2) is 32.7 Å². The summed E-state index contributed by atoms with van der Waals surface area (Å²) in [7, 11) is 0. The molecule has 118 valence electrons.